The second kappa shape index (κ2) is 15.5. The summed E-state index contributed by atoms with van der Waals surface area (Å²) in [6.45, 7) is 0. The molecule has 0 fully saturated rings. The molecule has 0 aliphatic heterocycles. The van der Waals surface area contributed by atoms with Gasteiger partial charge in [0.1, 0.15) is 0 Å². The first-order valence-electron chi connectivity index (χ1n) is 23.9. The number of nitrogens with zero attached hydrogens (tertiary/aromatic N) is 2. The van der Waals surface area contributed by atoms with Crippen LogP contribution in [-0.4, -0.2) is 0 Å². The summed E-state index contributed by atoms with van der Waals surface area (Å²) in [6, 6.07) is 90.1. The number of hydrogen-bond donors (Lipinski definition) is 0. The molecule has 2 aromatic heterocycles. The standard InChI is InChI=1S/C66H40N2S2/c1-3-15-41(16-4-1)67(45-29-33-55-53-23-11-13-25-63(53)69-65(55)37-45)43-27-31-51-57(35-43)47-19-7-9-21-49(47)59-40-62-52-32-28-44(36-58(52)48-20-8-10-22-50(48)60(62)39-61(51)59)68(42-17-5-2-6-18-42)46-30-34-56-54-24-12-14-26-64(54)70-66(56)38-46/h1-40H. The molecule has 0 N–H and O–H groups in total. The number of thiophene rings is 2. The molecule has 0 amide bonds. The maximum atomic E-state index is 2.48. The monoisotopic (exact) mass is 924 g/mol. The van der Waals surface area contributed by atoms with E-state index in [4.69, 9.17) is 0 Å². The Bertz CT molecular complexity index is 4310. The summed E-state index contributed by atoms with van der Waals surface area (Å²) in [5.74, 6) is 0. The van der Waals surface area contributed by atoms with Crippen molar-refractivity contribution in [1.82, 2.24) is 0 Å². The highest BCUT2D eigenvalue weighted by atomic mass is 32.1. The maximum Gasteiger partial charge on any atom is 0.0476 e. The van der Waals surface area contributed by atoms with Crippen LogP contribution in [0.1, 0.15) is 0 Å². The lowest BCUT2D eigenvalue weighted by molar-refractivity contribution is 1.30. The van der Waals surface area contributed by atoms with Crippen molar-refractivity contribution in [3.63, 3.8) is 0 Å². The van der Waals surface area contributed by atoms with Crippen LogP contribution >= 0.6 is 22.7 Å². The second-order valence-corrected chi connectivity index (χ2v) is 20.6. The molecule has 0 atom stereocenters. The smallest absolute Gasteiger partial charge is 0.0476 e. The van der Waals surface area contributed by atoms with Crippen molar-refractivity contribution in [2.24, 2.45) is 0 Å². The van der Waals surface area contributed by atoms with Gasteiger partial charge in [0, 0.05) is 74.5 Å². The average molecular weight is 925 g/mol. The Kier molecular flexibility index (Phi) is 8.73. The van der Waals surface area contributed by atoms with Crippen LogP contribution in [0.3, 0.4) is 0 Å². The molecule has 0 unspecified atom stereocenters. The van der Waals surface area contributed by atoms with Gasteiger partial charge in [0.05, 0.1) is 0 Å². The molecule has 0 aliphatic carbocycles. The summed E-state index contributed by atoms with van der Waals surface area (Å²) in [6.07, 6.45) is 0. The van der Waals surface area contributed by atoms with E-state index in [1.54, 1.807) is 0 Å². The molecule has 4 heteroatoms. The zero-order valence-corrected chi connectivity index (χ0v) is 39.4. The van der Waals surface area contributed by atoms with Crippen molar-refractivity contribution in [3.8, 4) is 0 Å². The van der Waals surface area contributed by atoms with Crippen molar-refractivity contribution in [1.29, 1.82) is 0 Å². The molecule has 70 heavy (non-hydrogen) atoms. The van der Waals surface area contributed by atoms with E-state index in [0.717, 1.165) is 34.1 Å². The minimum Gasteiger partial charge on any atom is -0.310 e. The van der Waals surface area contributed by atoms with E-state index >= 15 is 0 Å². The molecule has 0 spiro atoms. The molecular formula is C66H40N2S2. The zero-order valence-electron chi connectivity index (χ0n) is 37.8. The Balaban J connectivity index is 0.933. The number of fused-ring (bicyclic) bond motifs is 18. The van der Waals surface area contributed by atoms with Gasteiger partial charge in [-0.25, -0.2) is 0 Å². The normalized spacial score (nSPS) is 12.0. The number of benzene rings is 13. The Morgan fingerprint density at radius 3 is 0.829 bits per heavy atom. The van der Waals surface area contributed by atoms with Crippen LogP contribution in [0.4, 0.5) is 34.1 Å². The first-order valence-corrected chi connectivity index (χ1v) is 25.5. The summed E-state index contributed by atoms with van der Waals surface area (Å²) < 4.78 is 5.21. The van der Waals surface area contributed by atoms with E-state index in [0.29, 0.717) is 0 Å². The summed E-state index contributed by atoms with van der Waals surface area (Å²) >= 11 is 3.73. The van der Waals surface area contributed by atoms with Crippen LogP contribution in [-0.2, 0) is 0 Å². The number of para-hydroxylation sites is 2. The average Bonchev–Trinajstić information content (AvgIpc) is 3.99. The Hall–Kier alpha value is -8.54. The van der Waals surface area contributed by atoms with Gasteiger partial charge in [-0.15, -0.1) is 22.7 Å². The Labute approximate surface area is 411 Å². The highest BCUT2D eigenvalue weighted by molar-refractivity contribution is 7.26. The van der Waals surface area contributed by atoms with E-state index in [2.05, 4.69) is 252 Å². The van der Waals surface area contributed by atoms with E-state index < -0.39 is 0 Å². The SMILES string of the molecule is c1ccc(N(c2ccc3c(c2)sc2ccccc23)c2ccc3c(c2)c2ccccc2c2cc4c5ccc(N(c6ccccc6)c6ccc7c(c6)sc6ccccc67)cc5c5ccccc5c4cc32)cc1. The third-order valence-electron chi connectivity index (χ3n) is 14.5. The largest absolute Gasteiger partial charge is 0.310 e. The van der Waals surface area contributed by atoms with Crippen LogP contribution < -0.4 is 9.80 Å². The minimum atomic E-state index is 1.13. The highest BCUT2D eigenvalue weighted by Gasteiger charge is 2.21. The molecule has 2 heterocycles. The minimum absolute atomic E-state index is 1.13. The van der Waals surface area contributed by atoms with Crippen molar-refractivity contribution in [3.05, 3.63) is 243 Å². The van der Waals surface area contributed by atoms with Gasteiger partial charge in [-0.05, 0) is 162 Å². The third kappa shape index (κ3) is 6.04. The van der Waals surface area contributed by atoms with Crippen molar-refractivity contribution in [2.75, 3.05) is 9.80 Å². The molecule has 0 saturated heterocycles. The van der Waals surface area contributed by atoms with Crippen LogP contribution in [0, 0.1) is 0 Å². The topological polar surface area (TPSA) is 6.48 Å². The van der Waals surface area contributed by atoms with Gasteiger partial charge in [0.2, 0.25) is 0 Å². The zero-order chi connectivity index (χ0) is 45.9. The van der Waals surface area contributed by atoms with Crippen LogP contribution in [0.15, 0.2) is 243 Å². The summed E-state index contributed by atoms with van der Waals surface area (Å²) in [7, 11) is 0. The predicted molar refractivity (Wildman–Crippen MR) is 307 cm³/mol. The van der Waals surface area contributed by atoms with E-state index in [1.807, 2.05) is 22.7 Å². The van der Waals surface area contributed by atoms with Gasteiger partial charge >= 0.3 is 0 Å². The molecule has 0 aliphatic rings. The van der Waals surface area contributed by atoms with E-state index in [9.17, 15) is 0 Å². The predicted octanol–water partition coefficient (Wildman–Crippen LogP) is 20.3. The fourth-order valence-corrected chi connectivity index (χ4v) is 13.7. The quantitative estimate of drug-likeness (QED) is 0.121. The van der Waals surface area contributed by atoms with Gasteiger partial charge in [-0.2, -0.15) is 0 Å². The number of hydrogen-bond acceptors (Lipinski definition) is 4. The van der Waals surface area contributed by atoms with Crippen LogP contribution in [0.25, 0.3) is 105 Å². The van der Waals surface area contributed by atoms with E-state index in [1.165, 1.54) is 105 Å². The summed E-state index contributed by atoms with van der Waals surface area (Å²) in [4.78, 5) is 4.83. The van der Waals surface area contributed by atoms with Gasteiger partial charge in [0.25, 0.3) is 0 Å². The fourth-order valence-electron chi connectivity index (χ4n) is 11.4. The lowest BCUT2D eigenvalue weighted by Gasteiger charge is -2.26. The lowest BCUT2D eigenvalue weighted by atomic mass is 9.88. The number of rotatable bonds is 6. The van der Waals surface area contributed by atoms with Crippen molar-refractivity contribution >= 4 is 162 Å². The van der Waals surface area contributed by atoms with Crippen LogP contribution in [0.5, 0.6) is 0 Å². The van der Waals surface area contributed by atoms with E-state index in [-0.39, 0.29) is 0 Å². The van der Waals surface area contributed by atoms with Crippen molar-refractivity contribution in [2.45, 2.75) is 0 Å². The molecule has 0 saturated carbocycles. The van der Waals surface area contributed by atoms with Gasteiger partial charge in [-0.3, -0.25) is 0 Å². The molecule has 0 bridgehead atoms. The fraction of sp³-hybridized carbons (Fsp3) is 0. The highest BCUT2D eigenvalue weighted by Crippen LogP contribution is 2.47. The molecule has 13 aromatic carbocycles. The molecule has 0 radical (unpaired) electrons. The second-order valence-electron chi connectivity index (χ2n) is 18.4. The van der Waals surface area contributed by atoms with Crippen molar-refractivity contribution < 1.29 is 0 Å². The molecular weight excluding hydrogens is 885 g/mol. The van der Waals surface area contributed by atoms with Crippen LogP contribution in [0.2, 0.25) is 0 Å². The number of anilines is 6. The Morgan fingerprint density at radius 1 is 0.171 bits per heavy atom. The first kappa shape index (κ1) is 39.5. The molecule has 2 nitrogen and oxygen atoms in total. The Morgan fingerprint density at radius 2 is 0.443 bits per heavy atom. The molecule has 15 aromatic rings. The summed E-state index contributed by atoms with van der Waals surface area (Å²) in [5, 5.41) is 20.3. The molecule has 326 valence electrons. The van der Waals surface area contributed by atoms with Gasteiger partial charge in [0.15, 0.2) is 0 Å². The lowest BCUT2D eigenvalue weighted by Crippen LogP contribution is -2.09. The molecule has 15 rings (SSSR count). The van der Waals surface area contributed by atoms with Gasteiger partial charge < -0.3 is 9.80 Å². The third-order valence-corrected chi connectivity index (χ3v) is 16.8. The van der Waals surface area contributed by atoms with Gasteiger partial charge in [-0.1, -0.05) is 146 Å². The summed E-state index contributed by atoms with van der Waals surface area (Å²) in [5.41, 5.74) is 6.81. The maximum absolute atomic E-state index is 2.48. The first-order chi connectivity index (χ1) is 34.7.